The highest BCUT2D eigenvalue weighted by molar-refractivity contribution is 5.94. The number of hydrogen-bond donors (Lipinski definition) is 2. The zero-order chi connectivity index (χ0) is 18.4. The maximum Gasteiger partial charge on any atom is 0.422 e. The number of pyridine rings is 1. The van der Waals surface area contributed by atoms with Crippen LogP contribution in [0.4, 0.5) is 19.0 Å². The van der Waals surface area contributed by atoms with Gasteiger partial charge in [-0.05, 0) is 48.9 Å². The smallest absolute Gasteiger partial charge is 0.422 e. The van der Waals surface area contributed by atoms with Crippen molar-refractivity contribution in [3.05, 3.63) is 53.7 Å². The van der Waals surface area contributed by atoms with Crippen molar-refractivity contribution in [1.29, 1.82) is 0 Å². The van der Waals surface area contributed by atoms with E-state index in [1.807, 2.05) is 13.0 Å². The third kappa shape index (κ3) is 5.66. The van der Waals surface area contributed by atoms with E-state index in [0.29, 0.717) is 11.4 Å². The molecule has 0 fully saturated rings. The van der Waals surface area contributed by atoms with Gasteiger partial charge in [0.2, 0.25) is 0 Å². The summed E-state index contributed by atoms with van der Waals surface area (Å²) >= 11 is 0. The quantitative estimate of drug-likeness (QED) is 0.834. The molecular weight excluding hydrogens is 335 g/mol. The summed E-state index contributed by atoms with van der Waals surface area (Å²) in [5.74, 6) is 0.400. The topological polar surface area (TPSA) is 63.2 Å². The summed E-state index contributed by atoms with van der Waals surface area (Å²) in [5, 5.41) is 5.74. The first-order chi connectivity index (χ1) is 11.8. The summed E-state index contributed by atoms with van der Waals surface area (Å²) in [4.78, 5) is 16.4. The lowest BCUT2D eigenvalue weighted by Crippen LogP contribution is -2.26. The van der Waals surface area contributed by atoms with Gasteiger partial charge in [0, 0.05) is 18.8 Å². The molecule has 0 aliphatic carbocycles. The molecule has 0 saturated heterocycles. The van der Waals surface area contributed by atoms with Crippen LogP contribution < -0.4 is 15.4 Å². The fourth-order valence-corrected chi connectivity index (χ4v) is 2.08. The number of hydrogen-bond acceptors (Lipinski definition) is 4. The summed E-state index contributed by atoms with van der Waals surface area (Å²) < 4.78 is 40.9. The van der Waals surface area contributed by atoms with E-state index in [4.69, 9.17) is 0 Å². The van der Waals surface area contributed by atoms with Gasteiger partial charge < -0.3 is 15.4 Å². The van der Waals surface area contributed by atoms with Crippen LogP contribution >= 0.6 is 0 Å². The second-order valence-corrected chi connectivity index (χ2v) is 5.35. The standard InChI is InChI=1S/C17H18F3N3O2/c1-11(13-7-8-22-15(9-13)21-2)23-16(24)12-3-5-14(6-4-12)25-10-17(18,19)20/h3-9,11H,10H2,1-2H3,(H,21,22)(H,23,24). The van der Waals surface area contributed by atoms with Gasteiger partial charge in [0.25, 0.3) is 5.91 Å². The third-order valence-corrected chi connectivity index (χ3v) is 3.41. The molecule has 2 N–H and O–H groups in total. The molecule has 1 heterocycles. The highest BCUT2D eigenvalue weighted by Gasteiger charge is 2.28. The van der Waals surface area contributed by atoms with E-state index in [1.165, 1.54) is 24.3 Å². The van der Waals surface area contributed by atoms with Crippen LogP contribution in [0.5, 0.6) is 5.75 Å². The zero-order valence-electron chi connectivity index (χ0n) is 13.7. The molecular formula is C17H18F3N3O2. The second-order valence-electron chi connectivity index (χ2n) is 5.35. The normalized spacial score (nSPS) is 12.4. The van der Waals surface area contributed by atoms with Crippen molar-refractivity contribution >= 4 is 11.7 Å². The summed E-state index contributed by atoms with van der Waals surface area (Å²) in [6.45, 7) is 0.457. The van der Waals surface area contributed by atoms with E-state index < -0.39 is 12.8 Å². The van der Waals surface area contributed by atoms with Crippen LogP contribution in [-0.2, 0) is 0 Å². The Morgan fingerprint density at radius 2 is 1.92 bits per heavy atom. The number of alkyl halides is 3. The summed E-state index contributed by atoms with van der Waals surface area (Å²) in [5.41, 5.74) is 1.20. The van der Waals surface area contributed by atoms with Crippen molar-refractivity contribution in [2.75, 3.05) is 19.0 Å². The van der Waals surface area contributed by atoms with Crippen molar-refractivity contribution in [2.24, 2.45) is 0 Å². The maximum absolute atomic E-state index is 12.2. The number of aromatic nitrogens is 1. The molecule has 8 heteroatoms. The molecule has 0 spiro atoms. The molecule has 0 aliphatic rings. The van der Waals surface area contributed by atoms with Crippen molar-refractivity contribution in [3.8, 4) is 5.75 Å². The molecule has 1 unspecified atom stereocenters. The predicted octanol–water partition coefficient (Wildman–Crippen LogP) is 3.56. The molecule has 2 aromatic rings. The van der Waals surface area contributed by atoms with E-state index in [2.05, 4.69) is 20.4 Å². The van der Waals surface area contributed by atoms with Gasteiger partial charge in [0.15, 0.2) is 6.61 Å². The Hall–Kier alpha value is -2.77. The molecule has 1 aromatic carbocycles. The van der Waals surface area contributed by atoms with Crippen LogP contribution in [-0.4, -0.2) is 30.7 Å². The molecule has 1 aromatic heterocycles. The minimum absolute atomic E-state index is 0.0507. The van der Waals surface area contributed by atoms with Crippen LogP contribution in [0.2, 0.25) is 0 Å². The lowest BCUT2D eigenvalue weighted by Gasteiger charge is -2.15. The van der Waals surface area contributed by atoms with Gasteiger partial charge in [-0.2, -0.15) is 13.2 Å². The maximum atomic E-state index is 12.2. The van der Waals surface area contributed by atoms with Crippen LogP contribution in [0.25, 0.3) is 0 Å². The minimum atomic E-state index is -4.40. The van der Waals surface area contributed by atoms with Crippen molar-refractivity contribution in [2.45, 2.75) is 19.1 Å². The average Bonchev–Trinajstić information content (AvgIpc) is 2.59. The van der Waals surface area contributed by atoms with Crippen molar-refractivity contribution in [3.63, 3.8) is 0 Å². The third-order valence-electron chi connectivity index (χ3n) is 3.41. The second kappa shape index (κ2) is 7.87. The molecule has 0 aliphatic heterocycles. The van der Waals surface area contributed by atoms with Gasteiger partial charge in [-0.25, -0.2) is 4.98 Å². The van der Waals surface area contributed by atoms with E-state index >= 15 is 0 Å². The van der Waals surface area contributed by atoms with Gasteiger partial charge in [0.05, 0.1) is 6.04 Å². The Kier molecular flexibility index (Phi) is 5.84. The molecule has 0 radical (unpaired) electrons. The minimum Gasteiger partial charge on any atom is -0.484 e. The van der Waals surface area contributed by atoms with Crippen LogP contribution in [0.15, 0.2) is 42.6 Å². The van der Waals surface area contributed by atoms with Gasteiger partial charge in [-0.3, -0.25) is 4.79 Å². The lowest BCUT2D eigenvalue weighted by atomic mass is 10.1. The van der Waals surface area contributed by atoms with E-state index in [1.54, 1.807) is 19.3 Å². The number of anilines is 1. The molecule has 134 valence electrons. The lowest BCUT2D eigenvalue weighted by molar-refractivity contribution is -0.153. The molecule has 1 amide bonds. The van der Waals surface area contributed by atoms with Crippen LogP contribution in [0.1, 0.15) is 28.9 Å². The number of halogens is 3. The molecule has 0 bridgehead atoms. The number of nitrogens with zero attached hydrogens (tertiary/aromatic N) is 1. The zero-order valence-corrected chi connectivity index (χ0v) is 13.7. The Morgan fingerprint density at radius 1 is 1.24 bits per heavy atom. The summed E-state index contributed by atoms with van der Waals surface area (Å²) in [6, 6.07) is 8.84. The largest absolute Gasteiger partial charge is 0.484 e. The molecule has 0 saturated carbocycles. The SMILES string of the molecule is CNc1cc(C(C)NC(=O)c2ccc(OCC(F)(F)F)cc2)ccn1. The summed E-state index contributed by atoms with van der Waals surface area (Å²) in [6.07, 6.45) is -2.77. The highest BCUT2D eigenvalue weighted by atomic mass is 19.4. The number of nitrogens with one attached hydrogen (secondary N) is 2. The monoisotopic (exact) mass is 353 g/mol. The van der Waals surface area contributed by atoms with Gasteiger partial charge in [-0.1, -0.05) is 0 Å². The fourth-order valence-electron chi connectivity index (χ4n) is 2.08. The fraction of sp³-hybridized carbons (Fsp3) is 0.294. The van der Waals surface area contributed by atoms with Gasteiger partial charge >= 0.3 is 6.18 Å². The number of amides is 1. The Balaban J connectivity index is 1.98. The highest BCUT2D eigenvalue weighted by Crippen LogP contribution is 2.20. The first kappa shape index (κ1) is 18.6. The number of rotatable bonds is 6. The average molecular weight is 353 g/mol. The van der Waals surface area contributed by atoms with Crippen LogP contribution in [0, 0.1) is 0 Å². The number of benzene rings is 1. The first-order valence-electron chi connectivity index (χ1n) is 7.52. The van der Waals surface area contributed by atoms with Crippen molar-refractivity contribution in [1.82, 2.24) is 10.3 Å². The molecule has 1 atom stereocenters. The predicted molar refractivity (Wildman–Crippen MR) is 87.7 cm³/mol. The molecule has 2 rings (SSSR count). The van der Waals surface area contributed by atoms with Gasteiger partial charge in [-0.15, -0.1) is 0 Å². The number of carbonyl (C=O) groups excluding carboxylic acids is 1. The van der Waals surface area contributed by atoms with E-state index in [0.717, 1.165) is 5.56 Å². The Labute approximate surface area is 143 Å². The van der Waals surface area contributed by atoms with E-state index in [-0.39, 0.29) is 17.7 Å². The Morgan fingerprint density at radius 3 is 2.52 bits per heavy atom. The number of ether oxygens (including phenoxy) is 1. The molecule has 5 nitrogen and oxygen atoms in total. The first-order valence-corrected chi connectivity index (χ1v) is 7.52. The number of carbonyl (C=O) groups is 1. The van der Waals surface area contributed by atoms with Crippen molar-refractivity contribution < 1.29 is 22.7 Å². The Bertz CT molecular complexity index is 718. The summed E-state index contributed by atoms with van der Waals surface area (Å²) in [7, 11) is 1.75. The van der Waals surface area contributed by atoms with Gasteiger partial charge in [0.1, 0.15) is 11.6 Å². The van der Waals surface area contributed by atoms with Crippen LogP contribution in [0.3, 0.4) is 0 Å². The molecule has 25 heavy (non-hydrogen) atoms. The van der Waals surface area contributed by atoms with E-state index in [9.17, 15) is 18.0 Å².